The van der Waals surface area contributed by atoms with Gasteiger partial charge in [0.25, 0.3) is 0 Å². The van der Waals surface area contributed by atoms with Gasteiger partial charge in [0.05, 0.1) is 12.2 Å². The van der Waals surface area contributed by atoms with Crippen LogP contribution in [0.5, 0.6) is 0 Å². The summed E-state index contributed by atoms with van der Waals surface area (Å²) in [7, 11) is 0. The fourth-order valence-corrected chi connectivity index (χ4v) is 4.09. The van der Waals surface area contributed by atoms with Gasteiger partial charge in [0.1, 0.15) is 0 Å². The van der Waals surface area contributed by atoms with Gasteiger partial charge in [-0.2, -0.15) is 0 Å². The van der Waals surface area contributed by atoms with Crippen LogP contribution in [0.4, 0.5) is 0 Å². The van der Waals surface area contributed by atoms with Crippen LogP contribution in [0.3, 0.4) is 0 Å². The van der Waals surface area contributed by atoms with Crippen LogP contribution < -0.4 is 5.32 Å². The van der Waals surface area contributed by atoms with Crippen LogP contribution in [0.1, 0.15) is 85.0 Å². The molecule has 0 aromatic heterocycles. The third kappa shape index (κ3) is 4.00. The van der Waals surface area contributed by atoms with Crippen molar-refractivity contribution in [3.8, 4) is 0 Å². The summed E-state index contributed by atoms with van der Waals surface area (Å²) in [6, 6.07) is 0.585. The second-order valence-corrected chi connectivity index (χ2v) is 6.99. The Bertz CT molecular complexity index is 323. The number of amides is 1. The highest BCUT2D eigenvalue weighted by atomic mass is 16.2. The van der Waals surface area contributed by atoms with Gasteiger partial charge in [-0.05, 0) is 44.4 Å². The van der Waals surface area contributed by atoms with Crippen LogP contribution in [0, 0.1) is 5.92 Å². The summed E-state index contributed by atoms with van der Waals surface area (Å²) in [6.07, 6.45) is 12.2. The zero-order chi connectivity index (χ0) is 15.2. The highest BCUT2D eigenvalue weighted by Crippen LogP contribution is 2.33. The van der Waals surface area contributed by atoms with Gasteiger partial charge in [-0.15, -0.1) is 0 Å². The van der Waals surface area contributed by atoms with Crippen LogP contribution >= 0.6 is 0 Å². The van der Waals surface area contributed by atoms with E-state index in [2.05, 4.69) is 31.0 Å². The summed E-state index contributed by atoms with van der Waals surface area (Å²) in [5.74, 6) is 1.29. The largest absolute Gasteiger partial charge is 0.323 e. The van der Waals surface area contributed by atoms with E-state index in [0.717, 1.165) is 31.6 Å². The third-order valence-electron chi connectivity index (χ3n) is 5.48. The Balaban J connectivity index is 1.99. The Morgan fingerprint density at radius 2 is 1.76 bits per heavy atom. The predicted octanol–water partition coefficient (Wildman–Crippen LogP) is 4.07. The second-order valence-electron chi connectivity index (χ2n) is 6.99. The Morgan fingerprint density at radius 1 is 1.05 bits per heavy atom. The molecule has 2 aliphatic rings. The van der Waals surface area contributed by atoms with Gasteiger partial charge in [0, 0.05) is 6.04 Å². The first-order chi connectivity index (χ1) is 10.2. The molecule has 2 rings (SSSR count). The van der Waals surface area contributed by atoms with Crippen molar-refractivity contribution in [3.05, 3.63) is 0 Å². The molecular weight excluding hydrogens is 260 g/mol. The molecule has 1 amide bonds. The molecule has 0 aromatic rings. The van der Waals surface area contributed by atoms with Gasteiger partial charge in [-0.3, -0.25) is 10.1 Å². The van der Waals surface area contributed by atoms with E-state index in [1.54, 1.807) is 0 Å². The topological polar surface area (TPSA) is 32.3 Å². The monoisotopic (exact) mass is 294 g/mol. The first-order valence-electron chi connectivity index (χ1n) is 9.29. The number of rotatable bonds is 7. The molecule has 0 aromatic carbocycles. The Labute approximate surface area is 130 Å². The van der Waals surface area contributed by atoms with Crippen molar-refractivity contribution in [1.82, 2.24) is 10.2 Å². The normalized spacial score (nSPS) is 33.7. The van der Waals surface area contributed by atoms with Gasteiger partial charge in [0.15, 0.2) is 0 Å². The molecule has 0 spiro atoms. The van der Waals surface area contributed by atoms with Gasteiger partial charge in [-0.1, -0.05) is 46.5 Å². The average molecular weight is 294 g/mol. The lowest BCUT2D eigenvalue weighted by atomic mass is 9.83. The first-order valence-corrected chi connectivity index (χ1v) is 9.29. The molecule has 3 heteroatoms. The predicted molar refractivity (Wildman–Crippen MR) is 88.0 cm³/mol. The van der Waals surface area contributed by atoms with E-state index in [-0.39, 0.29) is 6.04 Å². The van der Waals surface area contributed by atoms with Crippen LogP contribution in [0.25, 0.3) is 0 Å². The fourth-order valence-electron chi connectivity index (χ4n) is 4.09. The first kappa shape index (κ1) is 16.8. The number of hydrogen-bond donors (Lipinski definition) is 1. The van der Waals surface area contributed by atoms with Crippen molar-refractivity contribution in [1.29, 1.82) is 0 Å². The van der Waals surface area contributed by atoms with E-state index < -0.39 is 0 Å². The SMILES string of the molecule is CCCCC1NC(CCC)N(C2CCC(CC)CC2)C1=O. The Kier molecular flexibility index (Phi) is 6.53. The smallest absolute Gasteiger partial charge is 0.241 e. The Morgan fingerprint density at radius 3 is 2.33 bits per heavy atom. The van der Waals surface area contributed by atoms with Gasteiger partial charge < -0.3 is 4.90 Å². The number of carbonyl (C=O) groups is 1. The van der Waals surface area contributed by atoms with E-state index in [9.17, 15) is 4.79 Å². The number of hydrogen-bond acceptors (Lipinski definition) is 2. The van der Waals surface area contributed by atoms with E-state index >= 15 is 0 Å². The number of unbranched alkanes of at least 4 members (excludes halogenated alkanes) is 1. The Hall–Kier alpha value is -0.570. The third-order valence-corrected chi connectivity index (χ3v) is 5.48. The van der Waals surface area contributed by atoms with Crippen molar-refractivity contribution >= 4 is 5.91 Å². The van der Waals surface area contributed by atoms with Crippen molar-refractivity contribution in [3.63, 3.8) is 0 Å². The minimum Gasteiger partial charge on any atom is -0.323 e. The van der Waals surface area contributed by atoms with Crippen LogP contribution in [0.2, 0.25) is 0 Å². The van der Waals surface area contributed by atoms with Crippen molar-refractivity contribution in [2.24, 2.45) is 5.92 Å². The maximum absolute atomic E-state index is 12.8. The zero-order valence-electron chi connectivity index (χ0n) is 14.2. The second kappa shape index (κ2) is 8.17. The zero-order valence-corrected chi connectivity index (χ0v) is 14.2. The minimum absolute atomic E-state index is 0.0883. The van der Waals surface area contributed by atoms with Gasteiger partial charge in [-0.25, -0.2) is 0 Å². The van der Waals surface area contributed by atoms with Crippen molar-refractivity contribution < 1.29 is 4.79 Å². The van der Waals surface area contributed by atoms with E-state index in [1.807, 2.05) is 0 Å². The summed E-state index contributed by atoms with van der Waals surface area (Å²) >= 11 is 0. The minimum atomic E-state index is 0.0883. The molecule has 1 aliphatic carbocycles. The van der Waals surface area contributed by atoms with Gasteiger partial charge in [0.2, 0.25) is 5.91 Å². The molecule has 21 heavy (non-hydrogen) atoms. The lowest BCUT2D eigenvalue weighted by Gasteiger charge is -2.37. The highest BCUT2D eigenvalue weighted by molar-refractivity contribution is 5.84. The van der Waals surface area contributed by atoms with Gasteiger partial charge >= 0.3 is 0 Å². The summed E-state index contributed by atoms with van der Waals surface area (Å²) < 4.78 is 0. The number of carbonyl (C=O) groups excluding carboxylic acids is 1. The standard InChI is InChI=1S/C18H34N2O/c1-4-7-9-16-18(21)20(17(19-16)8-5-2)15-12-10-14(6-3)11-13-15/h14-17,19H,4-13H2,1-3H3. The highest BCUT2D eigenvalue weighted by Gasteiger charge is 2.42. The molecule has 0 radical (unpaired) electrons. The van der Waals surface area contributed by atoms with E-state index in [0.29, 0.717) is 18.1 Å². The van der Waals surface area contributed by atoms with E-state index in [4.69, 9.17) is 0 Å². The summed E-state index contributed by atoms with van der Waals surface area (Å²) in [4.78, 5) is 15.1. The summed E-state index contributed by atoms with van der Waals surface area (Å²) in [5.41, 5.74) is 0. The molecule has 1 saturated carbocycles. The summed E-state index contributed by atoms with van der Waals surface area (Å²) in [5, 5.41) is 3.63. The number of nitrogens with zero attached hydrogens (tertiary/aromatic N) is 1. The molecule has 1 N–H and O–H groups in total. The van der Waals surface area contributed by atoms with Crippen molar-refractivity contribution in [2.75, 3.05) is 0 Å². The number of nitrogens with one attached hydrogen (secondary N) is 1. The molecule has 3 nitrogen and oxygen atoms in total. The lowest BCUT2D eigenvalue weighted by molar-refractivity contribution is -0.133. The maximum Gasteiger partial charge on any atom is 0.241 e. The molecule has 2 atom stereocenters. The van der Waals surface area contributed by atoms with E-state index in [1.165, 1.54) is 38.5 Å². The molecule has 122 valence electrons. The lowest BCUT2D eigenvalue weighted by Crippen LogP contribution is -2.46. The van der Waals surface area contributed by atoms with Crippen LogP contribution in [-0.4, -0.2) is 29.1 Å². The van der Waals surface area contributed by atoms with Crippen LogP contribution in [-0.2, 0) is 4.79 Å². The summed E-state index contributed by atoms with van der Waals surface area (Å²) in [6.45, 7) is 6.72. The fraction of sp³-hybridized carbons (Fsp3) is 0.944. The molecule has 0 bridgehead atoms. The quantitative estimate of drug-likeness (QED) is 0.767. The molecular formula is C18H34N2O. The maximum atomic E-state index is 12.8. The molecule has 2 fully saturated rings. The van der Waals surface area contributed by atoms with Crippen LogP contribution in [0.15, 0.2) is 0 Å². The molecule has 1 saturated heterocycles. The van der Waals surface area contributed by atoms with Crippen molar-refractivity contribution in [2.45, 2.75) is 103 Å². The molecule has 2 unspecified atom stereocenters. The molecule has 1 heterocycles. The average Bonchev–Trinajstić information content (AvgIpc) is 2.81. The molecule has 1 aliphatic heterocycles.